The number of hydroxylamine groups is 2. The Balaban J connectivity index is 1.47. The summed E-state index contributed by atoms with van der Waals surface area (Å²) in [6.45, 7) is 3.64. The van der Waals surface area contributed by atoms with Gasteiger partial charge in [-0.1, -0.05) is 33.7 Å². The summed E-state index contributed by atoms with van der Waals surface area (Å²) < 4.78 is 8.94. The molecule has 32 heavy (non-hydrogen) atoms. The van der Waals surface area contributed by atoms with Crippen molar-refractivity contribution in [2.24, 2.45) is 0 Å². The van der Waals surface area contributed by atoms with Gasteiger partial charge < -0.3 is 15.0 Å². The molecule has 168 valence electrons. The summed E-state index contributed by atoms with van der Waals surface area (Å²) in [6, 6.07) is 5.56. The molecule has 0 saturated carbocycles. The molecule has 0 aromatic carbocycles. The van der Waals surface area contributed by atoms with E-state index in [9.17, 15) is 9.59 Å². The van der Waals surface area contributed by atoms with Crippen LogP contribution in [0.3, 0.4) is 0 Å². The van der Waals surface area contributed by atoms with Crippen molar-refractivity contribution >= 4 is 42.3 Å². The minimum Gasteiger partial charge on any atom is -0.481 e. The van der Waals surface area contributed by atoms with E-state index in [4.69, 9.17) is 9.57 Å². The number of methoxy groups -OCH3 is 1. The van der Waals surface area contributed by atoms with Gasteiger partial charge in [-0.2, -0.15) is 5.06 Å². The van der Waals surface area contributed by atoms with Crippen molar-refractivity contribution in [2.75, 3.05) is 33.9 Å². The summed E-state index contributed by atoms with van der Waals surface area (Å²) in [5, 5.41) is 4.46. The van der Waals surface area contributed by atoms with Crippen molar-refractivity contribution < 1.29 is 14.4 Å². The number of aromatic amines is 1. The van der Waals surface area contributed by atoms with Crippen molar-refractivity contribution in [3.63, 3.8) is 0 Å². The second-order valence-corrected chi connectivity index (χ2v) is 9.74. The van der Waals surface area contributed by atoms with Crippen molar-refractivity contribution in [2.45, 2.75) is 13.3 Å². The van der Waals surface area contributed by atoms with Crippen molar-refractivity contribution in [1.29, 1.82) is 0 Å². The van der Waals surface area contributed by atoms with Crippen LogP contribution in [-0.4, -0.2) is 58.8 Å². The Hall–Kier alpha value is -2.63. The fraction of sp³-hybridized carbons (Fsp3) is 0.304. The first kappa shape index (κ1) is 22.6. The number of amides is 1. The molecule has 2 aromatic heterocycles. The standard InChI is InChI=1S/C23H25IN4O4/c1-4-15-10-18-20(26-21(15)29)9-14(11-24-18)12-28-8-7-16(13-32-28)17-5-6-19(22(30)25-2)27-23(17)31-3/h5-7,9-11H,4,8,12-13H2,1-3H3,(H,25,30)(H,26,29). The van der Waals surface area contributed by atoms with Gasteiger partial charge in [-0.05, 0) is 45.9 Å². The number of H-pyrrole nitrogens is 1. The molecule has 0 spiro atoms. The van der Waals surface area contributed by atoms with Crippen LogP contribution >= 0.6 is 20.7 Å². The smallest absolute Gasteiger partial charge is 0.269 e. The molecule has 0 unspecified atom stereocenters. The molecular formula is C23H25IN4O4. The van der Waals surface area contributed by atoms with Crippen LogP contribution in [0.5, 0.6) is 5.88 Å². The summed E-state index contributed by atoms with van der Waals surface area (Å²) in [6.07, 6.45) is 4.88. The van der Waals surface area contributed by atoms with Gasteiger partial charge in [-0.25, -0.2) is 4.98 Å². The first-order chi connectivity index (χ1) is 15.5. The summed E-state index contributed by atoms with van der Waals surface area (Å²) in [7, 11) is 3.10. The molecule has 0 radical (unpaired) electrons. The van der Waals surface area contributed by atoms with Gasteiger partial charge in [0.25, 0.3) is 11.5 Å². The van der Waals surface area contributed by atoms with Gasteiger partial charge in [-0.15, -0.1) is 0 Å². The lowest BCUT2D eigenvalue weighted by atomic mass is 10.1. The molecule has 0 atom stereocenters. The quantitative estimate of drug-likeness (QED) is 0.539. The molecule has 0 bridgehead atoms. The number of halogens is 1. The lowest BCUT2D eigenvalue weighted by molar-refractivity contribution is -0.135. The van der Waals surface area contributed by atoms with Gasteiger partial charge in [0, 0.05) is 34.8 Å². The highest BCUT2D eigenvalue weighted by Crippen LogP contribution is 2.28. The molecule has 9 heteroatoms. The second kappa shape index (κ2) is 9.88. The minimum atomic E-state index is -0.291. The number of hydrogen-bond acceptors (Lipinski definition) is 6. The molecule has 0 aliphatic carbocycles. The van der Waals surface area contributed by atoms with E-state index in [0.29, 0.717) is 31.3 Å². The fourth-order valence-electron chi connectivity index (χ4n) is 3.52. The largest absolute Gasteiger partial charge is 0.481 e. The Morgan fingerprint density at radius 2 is 2.25 bits per heavy atom. The van der Waals surface area contributed by atoms with E-state index in [2.05, 4.69) is 31.4 Å². The van der Waals surface area contributed by atoms with Gasteiger partial charge in [-0.3, -0.25) is 14.4 Å². The first-order valence-electron chi connectivity index (χ1n) is 10.3. The zero-order valence-corrected chi connectivity index (χ0v) is 20.4. The van der Waals surface area contributed by atoms with Gasteiger partial charge in [0.05, 0.1) is 19.4 Å². The molecule has 4 heterocycles. The predicted molar refractivity (Wildman–Crippen MR) is 133 cm³/mol. The van der Waals surface area contributed by atoms with Crippen LogP contribution in [0.1, 0.15) is 34.2 Å². The number of nitrogens with one attached hydrogen (secondary N) is 2. The van der Waals surface area contributed by atoms with E-state index in [1.165, 1.54) is 10.7 Å². The normalized spacial score (nSPS) is 15.8. The topological polar surface area (TPSA) is 96.6 Å². The molecule has 2 aliphatic rings. The molecule has 2 aromatic rings. The van der Waals surface area contributed by atoms with E-state index in [1.54, 1.807) is 13.1 Å². The third kappa shape index (κ3) is 4.74. The van der Waals surface area contributed by atoms with Crippen molar-refractivity contribution in [3.8, 4) is 5.88 Å². The van der Waals surface area contributed by atoms with Crippen LogP contribution in [0.15, 0.2) is 34.6 Å². The van der Waals surface area contributed by atoms with Gasteiger partial charge >= 0.3 is 0 Å². The highest BCUT2D eigenvalue weighted by atomic mass is 127. The minimum absolute atomic E-state index is 0.000418. The lowest BCUT2D eigenvalue weighted by Crippen LogP contribution is -2.31. The molecule has 0 saturated heterocycles. The van der Waals surface area contributed by atoms with Crippen LogP contribution in [0.4, 0.5) is 0 Å². The summed E-state index contributed by atoms with van der Waals surface area (Å²) in [4.78, 5) is 37.3. The predicted octanol–water partition coefficient (Wildman–Crippen LogP) is 2.37. The maximum Gasteiger partial charge on any atom is 0.269 e. The van der Waals surface area contributed by atoms with Gasteiger partial charge in [0.1, 0.15) is 5.69 Å². The zero-order valence-electron chi connectivity index (χ0n) is 18.2. The fourth-order valence-corrected chi connectivity index (χ4v) is 5.82. The third-order valence-corrected chi connectivity index (χ3v) is 7.96. The first-order valence-corrected chi connectivity index (χ1v) is 12.6. The van der Waals surface area contributed by atoms with E-state index in [0.717, 1.165) is 34.4 Å². The number of aromatic nitrogens is 2. The number of aryl methyl sites for hydroxylation is 1. The average Bonchev–Trinajstić information content (AvgIpc) is 2.83. The zero-order chi connectivity index (χ0) is 22.7. The molecule has 4 rings (SSSR count). The number of hydrogen-bond donors (Lipinski definition) is 2. The number of carbonyl (C=O) groups excluding carboxylic acids is 1. The highest BCUT2D eigenvalue weighted by molar-refractivity contribution is 14.2. The monoisotopic (exact) mass is 548 g/mol. The van der Waals surface area contributed by atoms with Crippen LogP contribution in [0.2, 0.25) is 0 Å². The van der Waals surface area contributed by atoms with Gasteiger partial charge in [0.2, 0.25) is 5.88 Å². The molecule has 2 aliphatic heterocycles. The average molecular weight is 548 g/mol. The number of fused-ring (bicyclic) bond motifs is 1. The summed E-state index contributed by atoms with van der Waals surface area (Å²) in [5.74, 6) is 0.137. The SMILES string of the molecule is CCc1cc2c([nH]c1=O)C=C(CN1CC=C(c3ccc(C(=O)NC)nc3OC)CO1)C=I2. The Morgan fingerprint density at radius 1 is 1.41 bits per heavy atom. The molecule has 8 nitrogen and oxygen atoms in total. The Kier molecular flexibility index (Phi) is 6.97. The summed E-state index contributed by atoms with van der Waals surface area (Å²) in [5.41, 5.74) is 5.00. The lowest BCUT2D eigenvalue weighted by Gasteiger charge is -2.27. The number of ether oxygens (including phenoxy) is 1. The maximum atomic E-state index is 12.2. The van der Waals surface area contributed by atoms with E-state index in [-0.39, 0.29) is 32.2 Å². The van der Waals surface area contributed by atoms with Crippen LogP contribution in [0, 0.1) is 3.57 Å². The van der Waals surface area contributed by atoms with Crippen LogP contribution in [-0.2, 0) is 11.3 Å². The Bertz CT molecular complexity index is 1200. The Labute approximate surface area is 196 Å². The number of nitrogens with zero attached hydrogens (tertiary/aromatic N) is 2. The van der Waals surface area contributed by atoms with Crippen molar-refractivity contribution in [3.05, 3.63) is 66.3 Å². The third-order valence-electron chi connectivity index (χ3n) is 5.28. The number of rotatable bonds is 6. The van der Waals surface area contributed by atoms with E-state index in [1.807, 2.05) is 24.1 Å². The number of pyridine rings is 2. The van der Waals surface area contributed by atoms with Gasteiger partial charge in [0.15, 0.2) is 0 Å². The highest BCUT2D eigenvalue weighted by Gasteiger charge is 2.20. The van der Waals surface area contributed by atoms with Crippen molar-refractivity contribution in [1.82, 2.24) is 20.3 Å². The molecule has 2 N–H and O–H groups in total. The Morgan fingerprint density at radius 3 is 2.94 bits per heavy atom. The molecule has 0 fully saturated rings. The van der Waals surface area contributed by atoms with E-state index < -0.39 is 0 Å². The second-order valence-electron chi connectivity index (χ2n) is 7.33. The maximum absolute atomic E-state index is 12.2. The molecule has 1 amide bonds. The van der Waals surface area contributed by atoms with Crippen LogP contribution in [0.25, 0.3) is 11.6 Å². The van der Waals surface area contributed by atoms with E-state index >= 15 is 0 Å². The number of carbonyl (C=O) groups is 1. The van der Waals surface area contributed by atoms with Crippen LogP contribution < -0.4 is 15.6 Å². The summed E-state index contributed by atoms with van der Waals surface area (Å²) >= 11 is -0.291. The molecular weight excluding hydrogens is 523 g/mol.